The van der Waals surface area contributed by atoms with Gasteiger partial charge < -0.3 is 5.73 Å². The normalized spacial score (nSPS) is 19.2. The van der Waals surface area contributed by atoms with Crippen molar-refractivity contribution in [2.75, 3.05) is 0 Å². The van der Waals surface area contributed by atoms with E-state index in [1.807, 2.05) is 6.92 Å². The molecule has 2 rings (SSSR count). The van der Waals surface area contributed by atoms with Crippen LogP contribution in [0.1, 0.15) is 62.2 Å². The predicted molar refractivity (Wildman–Crippen MR) is 69.9 cm³/mol. The molecule has 1 heterocycles. The largest absolute Gasteiger partial charge is 0.328 e. The van der Waals surface area contributed by atoms with E-state index in [0.717, 1.165) is 23.6 Å². The van der Waals surface area contributed by atoms with Gasteiger partial charge >= 0.3 is 0 Å². The summed E-state index contributed by atoms with van der Waals surface area (Å²) in [6, 6.07) is 2.24. The van der Waals surface area contributed by atoms with Crippen LogP contribution in [0.4, 0.5) is 0 Å². The fourth-order valence-electron chi connectivity index (χ4n) is 2.64. The Morgan fingerprint density at radius 3 is 2.65 bits per heavy atom. The molecule has 1 atom stereocenters. The fraction of sp³-hybridized carbons (Fsp3) is 0.714. The highest BCUT2D eigenvalue weighted by Crippen LogP contribution is 2.30. The SMILES string of the molecule is Cc1cc(CC(C)N)nc(C2CCCCC2)n1. The third-order valence-electron chi connectivity index (χ3n) is 3.43. The third-order valence-corrected chi connectivity index (χ3v) is 3.43. The summed E-state index contributed by atoms with van der Waals surface area (Å²) in [4.78, 5) is 9.32. The Hall–Kier alpha value is -0.960. The molecule has 3 nitrogen and oxygen atoms in total. The molecule has 0 aromatic carbocycles. The lowest BCUT2D eigenvalue weighted by Gasteiger charge is -2.21. The summed E-state index contributed by atoms with van der Waals surface area (Å²) < 4.78 is 0. The van der Waals surface area contributed by atoms with E-state index < -0.39 is 0 Å². The number of nitrogens with two attached hydrogens (primary N) is 1. The Labute approximate surface area is 104 Å². The van der Waals surface area contributed by atoms with E-state index >= 15 is 0 Å². The highest BCUT2D eigenvalue weighted by Gasteiger charge is 2.19. The monoisotopic (exact) mass is 233 g/mol. The first-order valence-corrected chi connectivity index (χ1v) is 6.75. The molecule has 2 N–H and O–H groups in total. The Morgan fingerprint density at radius 2 is 2.00 bits per heavy atom. The van der Waals surface area contributed by atoms with Gasteiger partial charge in [-0.1, -0.05) is 19.3 Å². The average molecular weight is 233 g/mol. The molecule has 0 bridgehead atoms. The number of nitrogens with zero attached hydrogens (tertiary/aromatic N) is 2. The molecule has 3 heteroatoms. The molecule has 0 amide bonds. The maximum absolute atomic E-state index is 5.84. The van der Waals surface area contributed by atoms with Crippen LogP contribution in [0.5, 0.6) is 0 Å². The third kappa shape index (κ3) is 3.50. The second-order valence-corrected chi connectivity index (χ2v) is 5.38. The summed E-state index contributed by atoms with van der Waals surface area (Å²) in [7, 11) is 0. The molecule has 1 saturated carbocycles. The van der Waals surface area contributed by atoms with E-state index in [-0.39, 0.29) is 6.04 Å². The van der Waals surface area contributed by atoms with Gasteiger partial charge in [0.2, 0.25) is 0 Å². The molecule has 1 fully saturated rings. The van der Waals surface area contributed by atoms with Crippen LogP contribution in [0, 0.1) is 6.92 Å². The first-order valence-electron chi connectivity index (χ1n) is 6.75. The summed E-state index contributed by atoms with van der Waals surface area (Å²) in [6.45, 7) is 4.08. The van der Waals surface area contributed by atoms with E-state index in [9.17, 15) is 0 Å². The van der Waals surface area contributed by atoms with Gasteiger partial charge in [-0.2, -0.15) is 0 Å². The van der Waals surface area contributed by atoms with E-state index in [1.54, 1.807) is 0 Å². The number of aromatic nitrogens is 2. The van der Waals surface area contributed by atoms with Crippen molar-refractivity contribution < 1.29 is 0 Å². The van der Waals surface area contributed by atoms with Crippen LogP contribution in [0.25, 0.3) is 0 Å². The van der Waals surface area contributed by atoms with Crippen molar-refractivity contribution in [2.24, 2.45) is 5.73 Å². The highest BCUT2D eigenvalue weighted by atomic mass is 14.9. The van der Waals surface area contributed by atoms with Crippen molar-refractivity contribution >= 4 is 0 Å². The van der Waals surface area contributed by atoms with Crippen LogP contribution in [0.15, 0.2) is 6.07 Å². The summed E-state index contributed by atoms with van der Waals surface area (Å²) in [6.07, 6.45) is 7.37. The molecular formula is C14H23N3. The zero-order valence-corrected chi connectivity index (χ0v) is 10.9. The van der Waals surface area contributed by atoms with E-state index in [1.165, 1.54) is 32.1 Å². The lowest BCUT2D eigenvalue weighted by atomic mass is 9.88. The lowest BCUT2D eigenvalue weighted by Crippen LogP contribution is -2.20. The van der Waals surface area contributed by atoms with Crippen molar-refractivity contribution in [1.82, 2.24) is 9.97 Å². The molecule has 1 aromatic rings. The molecule has 1 aromatic heterocycles. The minimum absolute atomic E-state index is 0.170. The molecule has 0 saturated heterocycles. The number of aryl methyl sites for hydroxylation is 1. The molecule has 0 aliphatic heterocycles. The fourth-order valence-corrected chi connectivity index (χ4v) is 2.64. The predicted octanol–water partition coefficient (Wildman–Crippen LogP) is 2.72. The van der Waals surface area contributed by atoms with Gasteiger partial charge in [0.15, 0.2) is 0 Å². The van der Waals surface area contributed by atoms with Gasteiger partial charge in [0.25, 0.3) is 0 Å². The second kappa shape index (κ2) is 5.58. The summed E-state index contributed by atoms with van der Waals surface area (Å²) >= 11 is 0. The van der Waals surface area contributed by atoms with Gasteiger partial charge in [0.05, 0.1) is 0 Å². The topological polar surface area (TPSA) is 51.8 Å². The molecule has 0 spiro atoms. The molecule has 17 heavy (non-hydrogen) atoms. The summed E-state index contributed by atoms with van der Waals surface area (Å²) in [5.74, 6) is 1.64. The molecule has 1 unspecified atom stereocenters. The van der Waals surface area contributed by atoms with E-state index in [4.69, 9.17) is 10.7 Å². The van der Waals surface area contributed by atoms with Crippen molar-refractivity contribution in [1.29, 1.82) is 0 Å². The van der Waals surface area contributed by atoms with Crippen LogP contribution < -0.4 is 5.73 Å². The quantitative estimate of drug-likeness (QED) is 0.873. The van der Waals surface area contributed by atoms with Crippen LogP contribution in [0.3, 0.4) is 0 Å². The lowest BCUT2D eigenvalue weighted by molar-refractivity contribution is 0.426. The number of rotatable bonds is 3. The first kappa shape index (κ1) is 12.5. The highest BCUT2D eigenvalue weighted by molar-refractivity contribution is 5.13. The van der Waals surface area contributed by atoms with Gasteiger partial charge in [-0.25, -0.2) is 9.97 Å². The van der Waals surface area contributed by atoms with E-state index in [2.05, 4.69) is 18.0 Å². The molecule has 1 aliphatic rings. The Balaban J connectivity index is 2.18. The number of hydrogen-bond donors (Lipinski definition) is 1. The molecule has 1 aliphatic carbocycles. The van der Waals surface area contributed by atoms with Crippen molar-refractivity contribution in [3.63, 3.8) is 0 Å². The van der Waals surface area contributed by atoms with Gasteiger partial charge in [-0.05, 0) is 32.8 Å². The van der Waals surface area contributed by atoms with Gasteiger partial charge in [0, 0.05) is 29.8 Å². The Bertz CT molecular complexity index is 368. The zero-order chi connectivity index (χ0) is 12.3. The maximum Gasteiger partial charge on any atom is 0.131 e. The second-order valence-electron chi connectivity index (χ2n) is 5.38. The van der Waals surface area contributed by atoms with Crippen LogP contribution in [0.2, 0.25) is 0 Å². The molecule has 94 valence electrons. The molecule has 0 radical (unpaired) electrons. The zero-order valence-electron chi connectivity index (χ0n) is 10.9. The van der Waals surface area contributed by atoms with Gasteiger partial charge in [-0.3, -0.25) is 0 Å². The summed E-state index contributed by atoms with van der Waals surface area (Å²) in [5.41, 5.74) is 8.03. The van der Waals surface area contributed by atoms with Crippen LogP contribution >= 0.6 is 0 Å². The van der Waals surface area contributed by atoms with Crippen molar-refractivity contribution in [3.8, 4) is 0 Å². The first-order chi connectivity index (χ1) is 8.15. The van der Waals surface area contributed by atoms with Crippen molar-refractivity contribution in [2.45, 2.75) is 64.3 Å². The Kier molecular flexibility index (Phi) is 4.11. The van der Waals surface area contributed by atoms with Gasteiger partial charge in [0.1, 0.15) is 5.82 Å². The van der Waals surface area contributed by atoms with E-state index in [0.29, 0.717) is 5.92 Å². The average Bonchev–Trinajstić information content (AvgIpc) is 2.28. The Morgan fingerprint density at radius 1 is 1.29 bits per heavy atom. The molecular weight excluding hydrogens is 210 g/mol. The standard InChI is InChI=1S/C14H23N3/c1-10(15)8-13-9-11(2)16-14(17-13)12-6-4-3-5-7-12/h9-10,12H,3-8,15H2,1-2H3. The van der Waals surface area contributed by atoms with Crippen molar-refractivity contribution in [3.05, 3.63) is 23.3 Å². The maximum atomic E-state index is 5.84. The van der Waals surface area contributed by atoms with Gasteiger partial charge in [-0.15, -0.1) is 0 Å². The minimum atomic E-state index is 0.170. The minimum Gasteiger partial charge on any atom is -0.328 e. The number of hydrogen-bond acceptors (Lipinski definition) is 3. The van der Waals surface area contributed by atoms with Crippen LogP contribution in [-0.4, -0.2) is 16.0 Å². The smallest absolute Gasteiger partial charge is 0.131 e. The van der Waals surface area contributed by atoms with Crippen LogP contribution in [-0.2, 0) is 6.42 Å². The summed E-state index contributed by atoms with van der Waals surface area (Å²) in [5, 5.41) is 0.